The zero-order valence-corrected chi connectivity index (χ0v) is 18.7. The number of hydrogen-bond donors (Lipinski definition) is 0. The molecule has 0 unspecified atom stereocenters. The number of oxime groups is 1. The van der Waals surface area contributed by atoms with Gasteiger partial charge in [0.15, 0.2) is 0 Å². The minimum absolute atomic E-state index is 0.172. The van der Waals surface area contributed by atoms with Crippen molar-refractivity contribution < 1.29 is 19.0 Å². The predicted molar refractivity (Wildman–Crippen MR) is 121 cm³/mol. The first-order valence-corrected chi connectivity index (χ1v) is 10.0. The Morgan fingerprint density at radius 3 is 2.06 bits per heavy atom. The lowest BCUT2D eigenvalue weighted by molar-refractivity contribution is 0.215. The van der Waals surface area contributed by atoms with Crippen molar-refractivity contribution in [3.05, 3.63) is 70.4 Å². The Balaban J connectivity index is 1.64. The van der Waals surface area contributed by atoms with Crippen LogP contribution in [0.2, 0.25) is 0 Å². The average Bonchev–Trinajstić information content (AvgIpc) is 3.01. The lowest BCUT2D eigenvalue weighted by atomic mass is 10.2. The number of hydrogen-bond acceptors (Lipinski definition) is 6. The Hall–Kier alpha value is -3.16. The Morgan fingerprint density at radius 1 is 0.968 bits per heavy atom. The third-order valence-corrected chi connectivity index (χ3v) is 4.40. The van der Waals surface area contributed by atoms with Crippen LogP contribution in [0.4, 0.5) is 0 Å². The van der Waals surface area contributed by atoms with E-state index < -0.39 is 0 Å². The third kappa shape index (κ3) is 6.41. The topological polar surface area (TPSA) is 67.1 Å². The number of nitrogens with zero attached hydrogens (tertiary/aromatic N) is 3. The van der Waals surface area contributed by atoms with Crippen LogP contribution in [0.1, 0.15) is 11.3 Å². The van der Waals surface area contributed by atoms with Crippen LogP contribution in [0.5, 0.6) is 28.9 Å². The van der Waals surface area contributed by atoms with Crippen LogP contribution in [0, 0.1) is 6.92 Å². The first-order valence-electron chi connectivity index (χ1n) is 9.26. The highest BCUT2D eigenvalue weighted by atomic mass is 35.5. The smallest absolute Gasteiger partial charge is 0.226 e. The summed E-state index contributed by atoms with van der Waals surface area (Å²) in [5.41, 5.74) is 1.53. The molecule has 9 heteroatoms. The Labute approximate surface area is 190 Å². The molecule has 0 N–H and O–H groups in total. The van der Waals surface area contributed by atoms with Crippen LogP contribution in [-0.4, -0.2) is 29.7 Å². The summed E-state index contributed by atoms with van der Waals surface area (Å²) >= 11 is 11.1. The zero-order chi connectivity index (χ0) is 22.2. The van der Waals surface area contributed by atoms with Crippen molar-refractivity contribution >= 4 is 29.4 Å². The van der Waals surface area contributed by atoms with Crippen LogP contribution in [0.15, 0.2) is 64.3 Å². The molecule has 0 aliphatic heterocycles. The van der Waals surface area contributed by atoms with Gasteiger partial charge in [-0.2, -0.15) is 5.10 Å². The summed E-state index contributed by atoms with van der Waals surface area (Å²) in [5.74, 6) is 3.22. The van der Waals surface area contributed by atoms with E-state index in [0.29, 0.717) is 35.5 Å². The SMILES string of the molecule is CON=Cc1c(C)nn(C)c1Oc1ccc(Oc2ccc(OCC=C(Cl)Cl)cc2)cc1. The molecule has 1 aromatic heterocycles. The maximum atomic E-state index is 5.99. The van der Waals surface area contributed by atoms with E-state index >= 15 is 0 Å². The molecule has 0 saturated carbocycles. The molecule has 0 aliphatic rings. The maximum Gasteiger partial charge on any atom is 0.226 e. The van der Waals surface area contributed by atoms with Crippen LogP contribution in [0.25, 0.3) is 0 Å². The van der Waals surface area contributed by atoms with Crippen LogP contribution in [-0.2, 0) is 11.9 Å². The van der Waals surface area contributed by atoms with Crippen molar-refractivity contribution in [2.24, 2.45) is 12.2 Å². The van der Waals surface area contributed by atoms with Gasteiger partial charge in [0.25, 0.3) is 0 Å². The van der Waals surface area contributed by atoms with Gasteiger partial charge >= 0.3 is 0 Å². The van der Waals surface area contributed by atoms with Gasteiger partial charge in [-0.1, -0.05) is 28.4 Å². The zero-order valence-electron chi connectivity index (χ0n) is 17.2. The summed E-state index contributed by atoms with van der Waals surface area (Å²) in [6.45, 7) is 2.17. The molecule has 0 saturated heterocycles. The van der Waals surface area contributed by atoms with Gasteiger partial charge in [-0.05, 0) is 61.5 Å². The second-order valence-electron chi connectivity index (χ2n) is 6.30. The van der Waals surface area contributed by atoms with E-state index in [0.717, 1.165) is 11.3 Å². The van der Waals surface area contributed by atoms with E-state index in [1.54, 1.807) is 36.2 Å². The highest BCUT2D eigenvalue weighted by Gasteiger charge is 2.14. The molecule has 0 amide bonds. The minimum Gasteiger partial charge on any atom is -0.489 e. The predicted octanol–water partition coefficient (Wildman–Crippen LogP) is 5.99. The summed E-state index contributed by atoms with van der Waals surface area (Å²) in [6.07, 6.45) is 3.14. The average molecular weight is 462 g/mol. The lowest BCUT2D eigenvalue weighted by Gasteiger charge is -2.10. The Morgan fingerprint density at radius 2 is 1.52 bits per heavy atom. The standard InChI is InChI=1S/C22H21Cl2N3O4/c1-15-20(14-25-28-3)22(27(2)26-15)31-19-10-8-18(9-11-19)30-17-6-4-16(5-7-17)29-13-12-21(23)24/h4-12,14H,13H2,1-3H3. The maximum absolute atomic E-state index is 5.99. The first-order chi connectivity index (χ1) is 15.0. The Bertz CT molecular complexity index is 1060. The molecular formula is C22H21Cl2N3O4. The molecule has 0 spiro atoms. The molecule has 0 fully saturated rings. The molecule has 31 heavy (non-hydrogen) atoms. The number of halogens is 2. The number of rotatable bonds is 9. The molecule has 162 valence electrons. The highest BCUT2D eigenvalue weighted by Crippen LogP contribution is 2.29. The second-order valence-corrected chi connectivity index (χ2v) is 7.30. The quantitative estimate of drug-likeness (QED) is 0.289. The van der Waals surface area contributed by atoms with E-state index in [1.165, 1.54) is 7.11 Å². The molecular weight excluding hydrogens is 441 g/mol. The Kier molecular flexibility index (Phi) is 7.81. The van der Waals surface area contributed by atoms with Crippen LogP contribution >= 0.6 is 23.2 Å². The van der Waals surface area contributed by atoms with Crippen molar-refractivity contribution in [2.45, 2.75) is 6.92 Å². The van der Waals surface area contributed by atoms with E-state index in [1.807, 2.05) is 43.3 Å². The van der Waals surface area contributed by atoms with E-state index in [4.69, 9.17) is 42.3 Å². The first kappa shape index (κ1) is 22.5. The number of aryl methyl sites for hydroxylation is 2. The van der Waals surface area contributed by atoms with Crippen molar-refractivity contribution in [3.63, 3.8) is 0 Å². The largest absolute Gasteiger partial charge is 0.489 e. The van der Waals surface area contributed by atoms with Gasteiger partial charge in [0.05, 0.1) is 17.5 Å². The number of aromatic nitrogens is 2. The summed E-state index contributed by atoms with van der Waals surface area (Å²) in [6, 6.07) is 14.5. The summed E-state index contributed by atoms with van der Waals surface area (Å²) in [4.78, 5) is 4.76. The van der Waals surface area contributed by atoms with Crippen LogP contribution in [0.3, 0.4) is 0 Å². The summed E-state index contributed by atoms with van der Waals surface area (Å²) in [5, 5.41) is 8.17. The second kappa shape index (κ2) is 10.7. The molecule has 2 aromatic carbocycles. The number of ether oxygens (including phenoxy) is 3. The van der Waals surface area contributed by atoms with Gasteiger partial charge < -0.3 is 19.0 Å². The molecule has 0 radical (unpaired) electrons. The van der Waals surface area contributed by atoms with Crippen molar-refractivity contribution in [2.75, 3.05) is 13.7 Å². The number of benzene rings is 2. The van der Waals surface area contributed by atoms with Gasteiger partial charge in [0, 0.05) is 7.05 Å². The van der Waals surface area contributed by atoms with Gasteiger partial charge in [-0.3, -0.25) is 0 Å². The van der Waals surface area contributed by atoms with Crippen molar-refractivity contribution in [1.82, 2.24) is 9.78 Å². The molecule has 7 nitrogen and oxygen atoms in total. The fourth-order valence-electron chi connectivity index (χ4n) is 2.66. The van der Waals surface area contributed by atoms with Gasteiger partial charge in [-0.25, -0.2) is 4.68 Å². The van der Waals surface area contributed by atoms with Gasteiger partial charge in [0.2, 0.25) is 5.88 Å². The lowest BCUT2D eigenvalue weighted by Crippen LogP contribution is -1.97. The fraction of sp³-hybridized carbons (Fsp3) is 0.182. The monoisotopic (exact) mass is 461 g/mol. The van der Waals surface area contributed by atoms with Gasteiger partial charge in [-0.15, -0.1) is 0 Å². The minimum atomic E-state index is 0.172. The van der Waals surface area contributed by atoms with E-state index in [9.17, 15) is 0 Å². The highest BCUT2D eigenvalue weighted by molar-refractivity contribution is 6.55. The van der Waals surface area contributed by atoms with Crippen molar-refractivity contribution in [1.29, 1.82) is 0 Å². The van der Waals surface area contributed by atoms with Crippen molar-refractivity contribution in [3.8, 4) is 28.9 Å². The third-order valence-electron chi connectivity index (χ3n) is 4.09. The molecule has 1 heterocycles. The fourth-order valence-corrected chi connectivity index (χ4v) is 2.78. The normalized spacial score (nSPS) is 10.7. The molecule has 0 atom stereocenters. The van der Waals surface area contributed by atoms with E-state index in [2.05, 4.69) is 10.3 Å². The summed E-state index contributed by atoms with van der Waals surface area (Å²) in [7, 11) is 3.29. The molecule has 3 rings (SSSR count). The molecule has 3 aromatic rings. The van der Waals surface area contributed by atoms with Crippen LogP contribution < -0.4 is 14.2 Å². The van der Waals surface area contributed by atoms with Gasteiger partial charge in [0.1, 0.15) is 41.2 Å². The molecule has 0 bridgehead atoms. The van der Waals surface area contributed by atoms with E-state index in [-0.39, 0.29) is 4.49 Å². The summed E-state index contributed by atoms with van der Waals surface area (Å²) < 4.78 is 19.2. The molecule has 0 aliphatic carbocycles.